The van der Waals surface area contributed by atoms with E-state index in [1.165, 1.54) is 6.07 Å². The van der Waals surface area contributed by atoms with Crippen molar-refractivity contribution in [1.29, 1.82) is 0 Å². The largest absolute Gasteiger partial charge is 0.322 e. The van der Waals surface area contributed by atoms with E-state index in [-0.39, 0.29) is 5.82 Å². The van der Waals surface area contributed by atoms with Gasteiger partial charge in [0.15, 0.2) is 0 Å². The molecule has 102 valence electrons. The maximum atomic E-state index is 13.6. The smallest absolute Gasteiger partial charge is 0.139 e. The van der Waals surface area contributed by atoms with Crippen LogP contribution in [0.25, 0.3) is 11.0 Å². The third-order valence-corrected chi connectivity index (χ3v) is 4.50. The van der Waals surface area contributed by atoms with Crippen LogP contribution in [0, 0.1) is 5.82 Å². The highest BCUT2D eigenvalue weighted by molar-refractivity contribution is 9.10. The van der Waals surface area contributed by atoms with Gasteiger partial charge in [-0.1, -0.05) is 0 Å². The minimum atomic E-state index is -0.290. The number of aromatic nitrogens is 2. The fraction of sp³-hybridized carbons (Fsp3) is 0.462. The zero-order valence-electron chi connectivity index (χ0n) is 10.5. The topological polar surface area (TPSA) is 21.1 Å². The van der Waals surface area contributed by atoms with E-state index in [0.717, 1.165) is 30.9 Å². The standard InChI is InChI=1S/C13H14BrClFN3/c1-18-3-2-8(7-18)19-12-4-9(14)10(16)5-11(12)17-13(19)6-15/h4-5,8H,2-3,6-7H2,1H3. The van der Waals surface area contributed by atoms with E-state index in [4.69, 9.17) is 11.6 Å². The minimum absolute atomic E-state index is 0.290. The lowest BCUT2D eigenvalue weighted by atomic mass is 10.2. The lowest BCUT2D eigenvalue weighted by molar-refractivity contribution is 0.393. The highest BCUT2D eigenvalue weighted by Crippen LogP contribution is 2.31. The van der Waals surface area contributed by atoms with Gasteiger partial charge in [0, 0.05) is 18.7 Å². The van der Waals surface area contributed by atoms with Crippen molar-refractivity contribution in [3.05, 3.63) is 28.2 Å². The van der Waals surface area contributed by atoms with Crippen LogP contribution < -0.4 is 0 Å². The Morgan fingerprint density at radius 2 is 2.32 bits per heavy atom. The Kier molecular flexibility index (Phi) is 3.53. The first kappa shape index (κ1) is 13.3. The van der Waals surface area contributed by atoms with Crippen molar-refractivity contribution in [1.82, 2.24) is 14.5 Å². The van der Waals surface area contributed by atoms with Gasteiger partial charge in [-0.15, -0.1) is 11.6 Å². The fourth-order valence-corrected chi connectivity index (χ4v) is 3.28. The number of likely N-dealkylation sites (N-methyl/N-ethyl adjacent to an activating group) is 1. The summed E-state index contributed by atoms with van der Waals surface area (Å²) in [7, 11) is 2.11. The predicted molar refractivity (Wildman–Crippen MR) is 78.1 cm³/mol. The third-order valence-electron chi connectivity index (χ3n) is 3.66. The van der Waals surface area contributed by atoms with Gasteiger partial charge in [0.2, 0.25) is 0 Å². The summed E-state index contributed by atoms with van der Waals surface area (Å²) in [4.78, 5) is 6.74. The Hall–Kier alpha value is -0.650. The van der Waals surface area contributed by atoms with Crippen molar-refractivity contribution in [3.63, 3.8) is 0 Å². The van der Waals surface area contributed by atoms with Gasteiger partial charge in [-0.25, -0.2) is 9.37 Å². The molecule has 1 aliphatic rings. The summed E-state index contributed by atoms with van der Waals surface area (Å²) in [6, 6.07) is 3.62. The molecule has 1 aliphatic heterocycles. The summed E-state index contributed by atoms with van der Waals surface area (Å²) in [5.41, 5.74) is 1.62. The van der Waals surface area contributed by atoms with Gasteiger partial charge < -0.3 is 9.47 Å². The maximum absolute atomic E-state index is 13.6. The molecule has 1 unspecified atom stereocenters. The van der Waals surface area contributed by atoms with Crippen LogP contribution in [-0.4, -0.2) is 34.6 Å². The lowest BCUT2D eigenvalue weighted by Crippen LogP contribution is -2.17. The van der Waals surface area contributed by atoms with Gasteiger partial charge in [0.25, 0.3) is 0 Å². The first-order chi connectivity index (χ1) is 9.10. The number of nitrogens with zero attached hydrogens (tertiary/aromatic N) is 3. The Morgan fingerprint density at radius 3 is 2.95 bits per heavy atom. The van der Waals surface area contributed by atoms with Gasteiger partial charge in [-0.05, 0) is 42.0 Å². The summed E-state index contributed by atoms with van der Waals surface area (Å²) >= 11 is 9.24. The SMILES string of the molecule is CN1CCC(n2c(CCl)nc3cc(F)c(Br)cc32)C1. The van der Waals surface area contributed by atoms with Crippen molar-refractivity contribution in [2.45, 2.75) is 18.3 Å². The number of alkyl halides is 1. The van der Waals surface area contributed by atoms with Crippen LogP contribution in [-0.2, 0) is 5.88 Å². The van der Waals surface area contributed by atoms with Gasteiger partial charge in [0.05, 0.1) is 21.4 Å². The zero-order valence-corrected chi connectivity index (χ0v) is 12.9. The molecule has 1 saturated heterocycles. The number of benzene rings is 1. The van der Waals surface area contributed by atoms with E-state index in [9.17, 15) is 4.39 Å². The molecule has 1 aromatic heterocycles. The van der Waals surface area contributed by atoms with E-state index in [1.54, 1.807) is 6.07 Å². The van der Waals surface area contributed by atoms with E-state index < -0.39 is 0 Å². The van der Waals surface area contributed by atoms with Crippen LogP contribution in [0.4, 0.5) is 4.39 Å². The average Bonchev–Trinajstić information content (AvgIpc) is 2.93. The normalized spacial score (nSPS) is 20.5. The van der Waals surface area contributed by atoms with Crippen LogP contribution in [0.1, 0.15) is 18.3 Å². The average molecular weight is 347 g/mol. The highest BCUT2D eigenvalue weighted by atomic mass is 79.9. The second-order valence-corrected chi connectivity index (χ2v) is 6.11. The van der Waals surface area contributed by atoms with Gasteiger partial charge in [-0.3, -0.25) is 0 Å². The molecule has 2 heterocycles. The number of hydrogen-bond acceptors (Lipinski definition) is 2. The zero-order chi connectivity index (χ0) is 13.6. The Morgan fingerprint density at radius 1 is 1.53 bits per heavy atom. The predicted octanol–water partition coefficient (Wildman–Crippen LogP) is 3.55. The molecular weight excluding hydrogens is 333 g/mol. The van der Waals surface area contributed by atoms with Crippen molar-refractivity contribution in [2.24, 2.45) is 0 Å². The molecule has 2 aromatic rings. The highest BCUT2D eigenvalue weighted by Gasteiger charge is 2.25. The molecule has 0 radical (unpaired) electrons. The number of hydrogen-bond donors (Lipinski definition) is 0. The third kappa shape index (κ3) is 2.28. The van der Waals surface area contributed by atoms with Crippen molar-refractivity contribution in [3.8, 4) is 0 Å². The number of fused-ring (bicyclic) bond motifs is 1. The molecule has 0 N–H and O–H groups in total. The fourth-order valence-electron chi connectivity index (χ4n) is 2.76. The quantitative estimate of drug-likeness (QED) is 0.775. The van der Waals surface area contributed by atoms with Crippen LogP contribution in [0.3, 0.4) is 0 Å². The van der Waals surface area contributed by atoms with Gasteiger partial charge >= 0.3 is 0 Å². The summed E-state index contributed by atoms with van der Waals surface area (Å²) in [6.07, 6.45) is 1.07. The molecule has 3 rings (SSSR count). The maximum Gasteiger partial charge on any atom is 0.139 e. The number of halogens is 3. The Bertz CT molecular complexity index is 628. The van der Waals surface area contributed by atoms with Crippen LogP contribution >= 0.6 is 27.5 Å². The summed E-state index contributed by atoms with van der Waals surface area (Å²) in [5, 5.41) is 0. The molecule has 0 aliphatic carbocycles. The minimum Gasteiger partial charge on any atom is -0.322 e. The summed E-state index contributed by atoms with van der Waals surface area (Å²) in [6.45, 7) is 2.04. The van der Waals surface area contributed by atoms with Crippen LogP contribution in [0.2, 0.25) is 0 Å². The monoisotopic (exact) mass is 345 g/mol. The molecule has 0 saturated carbocycles. The van der Waals surface area contributed by atoms with E-state index in [2.05, 4.69) is 37.4 Å². The molecule has 1 atom stereocenters. The van der Waals surface area contributed by atoms with Crippen molar-refractivity contribution in [2.75, 3.05) is 20.1 Å². The number of rotatable bonds is 2. The molecule has 1 aromatic carbocycles. The van der Waals surface area contributed by atoms with Gasteiger partial charge in [-0.2, -0.15) is 0 Å². The van der Waals surface area contributed by atoms with Crippen molar-refractivity contribution >= 4 is 38.6 Å². The molecule has 0 bridgehead atoms. The lowest BCUT2D eigenvalue weighted by Gasteiger charge is -2.16. The molecule has 6 heteroatoms. The second kappa shape index (κ2) is 5.04. The molecule has 0 spiro atoms. The Balaban J connectivity index is 2.18. The number of imidazole rings is 1. The van der Waals surface area contributed by atoms with E-state index >= 15 is 0 Å². The van der Waals surface area contributed by atoms with E-state index in [1.807, 2.05) is 0 Å². The molecule has 1 fully saturated rings. The molecular formula is C13H14BrClFN3. The Labute approximate surface area is 124 Å². The van der Waals surface area contributed by atoms with Crippen LogP contribution in [0.5, 0.6) is 0 Å². The first-order valence-electron chi connectivity index (χ1n) is 6.20. The van der Waals surface area contributed by atoms with Crippen molar-refractivity contribution < 1.29 is 4.39 Å². The summed E-state index contributed by atoms with van der Waals surface area (Å²) in [5.74, 6) is 0.866. The number of likely N-dealkylation sites (tertiary alicyclic amines) is 1. The molecule has 19 heavy (non-hydrogen) atoms. The molecule has 0 amide bonds. The summed E-state index contributed by atoms with van der Waals surface area (Å²) < 4.78 is 16.2. The second-order valence-electron chi connectivity index (χ2n) is 4.99. The van der Waals surface area contributed by atoms with E-state index in [0.29, 0.717) is 21.9 Å². The molecule has 3 nitrogen and oxygen atoms in total. The first-order valence-corrected chi connectivity index (χ1v) is 7.53. The van der Waals surface area contributed by atoms with Gasteiger partial charge in [0.1, 0.15) is 11.6 Å². The van der Waals surface area contributed by atoms with Crippen LogP contribution in [0.15, 0.2) is 16.6 Å².